The highest BCUT2D eigenvalue weighted by molar-refractivity contribution is 5.28. The average Bonchev–Trinajstić information content (AvgIpc) is 2.26. The Labute approximate surface area is 88.8 Å². The third kappa shape index (κ3) is 2.51. The molecule has 90 valence electrons. The zero-order chi connectivity index (χ0) is 12.3. The zero-order valence-corrected chi connectivity index (χ0v) is 8.45. The van der Waals surface area contributed by atoms with E-state index in [1.165, 1.54) is 7.11 Å². The van der Waals surface area contributed by atoms with Crippen LogP contribution in [-0.2, 0) is 0 Å². The molecule has 16 heavy (non-hydrogen) atoms. The maximum atomic E-state index is 12.2. The van der Waals surface area contributed by atoms with Crippen LogP contribution >= 0.6 is 0 Å². The number of halogens is 3. The van der Waals surface area contributed by atoms with Crippen molar-refractivity contribution in [2.75, 3.05) is 14.2 Å². The summed E-state index contributed by atoms with van der Waals surface area (Å²) in [4.78, 5) is 7.00. The third-order valence-corrected chi connectivity index (χ3v) is 1.74. The Morgan fingerprint density at radius 2 is 1.94 bits per heavy atom. The van der Waals surface area contributed by atoms with E-state index in [4.69, 9.17) is 5.11 Å². The molecule has 1 heterocycles. The normalized spacial score (nSPS) is 13.4. The van der Waals surface area contributed by atoms with Gasteiger partial charge in [-0.25, -0.2) is 4.98 Å². The van der Waals surface area contributed by atoms with Gasteiger partial charge in [0.1, 0.15) is 0 Å². The van der Waals surface area contributed by atoms with Crippen LogP contribution < -0.4 is 9.47 Å². The van der Waals surface area contributed by atoms with Crippen molar-refractivity contribution in [1.29, 1.82) is 0 Å². The Balaban J connectivity index is 3.14. The van der Waals surface area contributed by atoms with Crippen LogP contribution in [0.3, 0.4) is 0 Å². The topological polar surface area (TPSA) is 64.5 Å². The summed E-state index contributed by atoms with van der Waals surface area (Å²) in [5, 5.41) is 9.01. The van der Waals surface area contributed by atoms with Gasteiger partial charge in [-0.3, -0.25) is 0 Å². The Morgan fingerprint density at radius 1 is 1.31 bits per heavy atom. The van der Waals surface area contributed by atoms with Crippen molar-refractivity contribution in [3.8, 4) is 11.9 Å². The fraction of sp³-hybridized carbons (Fsp3) is 0.500. The second kappa shape index (κ2) is 4.52. The molecule has 0 radical (unpaired) electrons. The van der Waals surface area contributed by atoms with Gasteiger partial charge in [0.2, 0.25) is 5.88 Å². The Hall–Kier alpha value is -1.57. The van der Waals surface area contributed by atoms with E-state index in [0.29, 0.717) is 0 Å². The van der Waals surface area contributed by atoms with Gasteiger partial charge in [0.05, 0.1) is 19.8 Å². The van der Waals surface area contributed by atoms with E-state index in [2.05, 4.69) is 19.4 Å². The Morgan fingerprint density at radius 3 is 2.38 bits per heavy atom. The zero-order valence-electron chi connectivity index (χ0n) is 8.45. The summed E-state index contributed by atoms with van der Waals surface area (Å²) in [6.45, 7) is 0. The molecule has 1 unspecified atom stereocenters. The third-order valence-electron chi connectivity index (χ3n) is 1.74. The van der Waals surface area contributed by atoms with Crippen molar-refractivity contribution in [3.05, 3.63) is 11.8 Å². The predicted molar refractivity (Wildman–Crippen MR) is 46.2 cm³/mol. The number of alkyl halides is 3. The summed E-state index contributed by atoms with van der Waals surface area (Å²) < 4.78 is 45.9. The number of aromatic nitrogens is 2. The van der Waals surface area contributed by atoms with Crippen molar-refractivity contribution in [2.45, 2.75) is 12.3 Å². The summed E-state index contributed by atoms with van der Waals surface area (Å²) in [5.41, 5.74) is -0.559. The molecule has 0 aliphatic carbocycles. The van der Waals surface area contributed by atoms with Crippen LogP contribution in [-0.4, -0.2) is 35.5 Å². The Bertz CT molecular complexity index is 370. The SMILES string of the molecule is COc1ncc(C(O)C(F)(F)F)c(OC)n1. The lowest BCUT2D eigenvalue weighted by atomic mass is 10.2. The van der Waals surface area contributed by atoms with Gasteiger partial charge in [-0.05, 0) is 0 Å². The maximum absolute atomic E-state index is 12.2. The molecule has 0 amide bonds. The summed E-state index contributed by atoms with van der Waals surface area (Å²) in [7, 11) is 2.39. The van der Waals surface area contributed by atoms with Crippen LogP contribution in [0, 0.1) is 0 Å². The number of ether oxygens (including phenoxy) is 2. The minimum absolute atomic E-state index is 0.144. The van der Waals surface area contributed by atoms with Gasteiger partial charge in [-0.2, -0.15) is 18.2 Å². The van der Waals surface area contributed by atoms with Crippen molar-refractivity contribution in [1.82, 2.24) is 9.97 Å². The van der Waals surface area contributed by atoms with E-state index in [-0.39, 0.29) is 11.9 Å². The van der Waals surface area contributed by atoms with Gasteiger partial charge >= 0.3 is 12.2 Å². The number of hydrogen-bond acceptors (Lipinski definition) is 5. The fourth-order valence-corrected chi connectivity index (χ4v) is 0.986. The number of aliphatic hydroxyl groups is 1. The molecule has 8 heteroatoms. The van der Waals surface area contributed by atoms with Crippen LogP contribution in [0.2, 0.25) is 0 Å². The molecule has 1 N–H and O–H groups in total. The van der Waals surface area contributed by atoms with Crippen LogP contribution in [0.15, 0.2) is 6.20 Å². The average molecular weight is 238 g/mol. The van der Waals surface area contributed by atoms with E-state index in [0.717, 1.165) is 13.3 Å². The molecule has 1 aromatic rings. The predicted octanol–water partition coefficient (Wildman–Crippen LogP) is 1.09. The number of rotatable bonds is 3. The highest BCUT2D eigenvalue weighted by Gasteiger charge is 2.41. The molecule has 0 aromatic carbocycles. The number of aliphatic hydroxyl groups excluding tert-OH is 1. The molecule has 5 nitrogen and oxygen atoms in total. The molecule has 0 aliphatic heterocycles. The molecule has 0 bridgehead atoms. The second-order valence-electron chi connectivity index (χ2n) is 2.77. The van der Waals surface area contributed by atoms with Crippen LogP contribution in [0.25, 0.3) is 0 Å². The standard InChI is InChI=1S/C8H9F3N2O3/c1-15-6-4(5(14)8(9,10)11)3-12-7(13-6)16-2/h3,5,14H,1-2H3. The summed E-state index contributed by atoms with van der Waals surface area (Å²) in [6, 6.07) is -0.144. The van der Waals surface area contributed by atoms with Crippen LogP contribution in [0.1, 0.15) is 11.7 Å². The maximum Gasteiger partial charge on any atom is 0.418 e. The van der Waals surface area contributed by atoms with Gasteiger partial charge in [0.25, 0.3) is 0 Å². The first-order chi connectivity index (χ1) is 7.40. The summed E-state index contributed by atoms with van der Waals surface area (Å²) in [5.74, 6) is -0.378. The molecule has 1 aromatic heterocycles. The molecule has 0 saturated heterocycles. The van der Waals surface area contributed by atoms with Crippen LogP contribution in [0.5, 0.6) is 11.9 Å². The summed E-state index contributed by atoms with van der Waals surface area (Å²) in [6.07, 6.45) is -6.68. The lowest BCUT2D eigenvalue weighted by molar-refractivity contribution is -0.207. The van der Waals surface area contributed by atoms with Crippen molar-refractivity contribution < 1.29 is 27.8 Å². The lowest BCUT2D eigenvalue weighted by Gasteiger charge is -2.16. The molecule has 1 rings (SSSR count). The monoisotopic (exact) mass is 238 g/mol. The van der Waals surface area contributed by atoms with Crippen molar-refractivity contribution in [2.24, 2.45) is 0 Å². The molecule has 1 atom stereocenters. The number of hydrogen-bond donors (Lipinski definition) is 1. The Kier molecular flexibility index (Phi) is 3.53. The lowest BCUT2D eigenvalue weighted by Crippen LogP contribution is -2.21. The molecule has 0 aliphatic rings. The van der Waals surface area contributed by atoms with Crippen LogP contribution in [0.4, 0.5) is 13.2 Å². The van der Waals surface area contributed by atoms with Gasteiger partial charge in [0.15, 0.2) is 6.10 Å². The van der Waals surface area contributed by atoms with E-state index < -0.39 is 17.8 Å². The van der Waals surface area contributed by atoms with Gasteiger partial charge in [-0.15, -0.1) is 0 Å². The van der Waals surface area contributed by atoms with E-state index in [1.807, 2.05) is 0 Å². The summed E-state index contributed by atoms with van der Waals surface area (Å²) >= 11 is 0. The quantitative estimate of drug-likeness (QED) is 0.853. The van der Waals surface area contributed by atoms with Crippen molar-refractivity contribution in [3.63, 3.8) is 0 Å². The van der Waals surface area contributed by atoms with E-state index in [1.54, 1.807) is 0 Å². The van der Waals surface area contributed by atoms with Gasteiger partial charge < -0.3 is 14.6 Å². The number of methoxy groups -OCH3 is 2. The van der Waals surface area contributed by atoms with Crippen molar-refractivity contribution >= 4 is 0 Å². The molecule has 0 spiro atoms. The largest absolute Gasteiger partial charge is 0.481 e. The second-order valence-corrected chi connectivity index (χ2v) is 2.77. The van der Waals surface area contributed by atoms with Gasteiger partial charge in [0, 0.05) is 6.20 Å². The van der Waals surface area contributed by atoms with E-state index in [9.17, 15) is 13.2 Å². The highest BCUT2D eigenvalue weighted by Crippen LogP contribution is 2.36. The minimum Gasteiger partial charge on any atom is -0.481 e. The van der Waals surface area contributed by atoms with E-state index >= 15 is 0 Å². The molecule has 0 fully saturated rings. The first kappa shape index (κ1) is 12.5. The minimum atomic E-state index is -4.80. The highest BCUT2D eigenvalue weighted by atomic mass is 19.4. The molecular weight excluding hydrogens is 229 g/mol. The first-order valence-electron chi connectivity index (χ1n) is 4.09. The number of nitrogens with zero attached hydrogens (tertiary/aromatic N) is 2. The first-order valence-corrected chi connectivity index (χ1v) is 4.09. The molecule has 0 saturated carbocycles. The fourth-order valence-electron chi connectivity index (χ4n) is 0.986. The van der Waals surface area contributed by atoms with Gasteiger partial charge in [-0.1, -0.05) is 0 Å². The molecular formula is C8H9F3N2O3. The smallest absolute Gasteiger partial charge is 0.418 e.